The van der Waals surface area contributed by atoms with E-state index >= 15 is 0 Å². The van der Waals surface area contributed by atoms with Crippen molar-refractivity contribution in [3.63, 3.8) is 0 Å². The van der Waals surface area contributed by atoms with Crippen molar-refractivity contribution in [3.05, 3.63) is 34.6 Å². The summed E-state index contributed by atoms with van der Waals surface area (Å²) < 4.78 is 3.01. The molecule has 0 amide bonds. The van der Waals surface area contributed by atoms with Crippen molar-refractivity contribution in [3.8, 4) is 0 Å². The number of aryl methyl sites for hydroxylation is 1. The van der Waals surface area contributed by atoms with Gasteiger partial charge in [0, 0.05) is 6.54 Å². The molecule has 0 radical (unpaired) electrons. The molecule has 0 N–H and O–H groups in total. The van der Waals surface area contributed by atoms with E-state index in [9.17, 15) is 4.79 Å². The standard InChI is InChI=1S/C15H20N2OS/c18-15-13-7-2-3-8-14(13)19-17(15)12-6-11-16-9-4-1-5-10-16/h2-3,7-8H,1,4-6,9-12H2. The van der Waals surface area contributed by atoms with E-state index in [1.54, 1.807) is 11.5 Å². The van der Waals surface area contributed by atoms with E-state index in [2.05, 4.69) is 4.90 Å². The zero-order chi connectivity index (χ0) is 13.1. The van der Waals surface area contributed by atoms with Crippen molar-refractivity contribution in [2.45, 2.75) is 32.2 Å². The maximum absolute atomic E-state index is 12.2. The molecule has 1 aliphatic heterocycles. The van der Waals surface area contributed by atoms with E-state index in [1.807, 2.05) is 28.2 Å². The van der Waals surface area contributed by atoms with Crippen LogP contribution in [0, 0.1) is 0 Å². The van der Waals surface area contributed by atoms with Crippen molar-refractivity contribution >= 4 is 21.6 Å². The van der Waals surface area contributed by atoms with E-state index in [0.717, 1.165) is 29.6 Å². The first-order valence-corrected chi connectivity index (χ1v) is 7.93. The molecule has 2 aromatic rings. The number of fused-ring (bicyclic) bond motifs is 1. The molecule has 1 aromatic heterocycles. The monoisotopic (exact) mass is 276 g/mol. The van der Waals surface area contributed by atoms with Gasteiger partial charge < -0.3 is 4.90 Å². The van der Waals surface area contributed by atoms with Gasteiger partial charge in [0.2, 0.25) is 0 Å². The van der Waals surface area contributed by atoms with Gasteiger partial charge >= 0.3 is 0 Å². The van der Waals surface area contributed by atoms with Crippen LogP contribution >= 0.6 is 11.5 Å². The quantitative estimate of drug-likeness (QED) is 0.858. The molecule has 0 atom stereocenters. The van der Waals surface area contributed by atoms with E-state index in [4.69, 9.17) is 0 Å². The van der Waals surface area contributed by atoms with Crippen LogP contribution in [0.5, 0.6) is 0 Å². The van der Waals surface area contributed by atoms with Crippen LogP contribution in [-0.2, 0) is 6.54 Å². The van der Waals surface area contributed by atoms with Gasteiger partial charge in [-0.15, -0.1) is 0 Å². The molecular weight excluding hydrogens is 256 g/mol. The number of aromatic nitrogens is 1. The molecule has 1 aliphatic rings. The van der Waals surface area contributed by atoms with Gasteiger partial charge in [-0.3, -0.25) is 8.75 Å². The van der Waals surface area contributed by atoms with E-state index in [-0.39, 0.29) is 5.56 Å². The van der Waals surface area contributed by atoms with Crippen LogP contribution in [-0.4, -0.2) is 28.5 Å². The average molecular weight is 276 g/mol. The highest BCUT2D eigenvalue weighted by molar-refractivity contribution is 7.13. The number of rotatable bonds is 4. The fraction of sp³-hybridized carbons (Fsp3) is 0.533. The number of hydrogen-bond acceptors (Lipinski definition) is 3. The van der Waals surface area contributed by atoms with Gasteiger partial charge in [0.05, 0.1) is 10.1 Å². The first-order valence-electron chi connectivity index (χ1n) is 7.16. The zero-order valence-corrected chi connectivity index (χ0v) is 12.0. The Morgan fingerprint density at radius 2 is 1.84 bits per heavy atom. The predicted molar refractivity (Wildman–Crippen MR) is 81.0 cm³/mol. The van der Waals surface area contributed by atoms with Crippen LogP contribution in [0.2, 0.25) is 0 Å². The second-order valence-corrected chi connectivity index (χ2v) is 6.31. The first kappa shape index (κ1) is 12.9. The Balaban J connectivity index is 1.62. The third kappa shape index (κ3) is 2.90. The van der Waals surface area contributed by atoms with Crippen molar-refractivity contribution in [2.24, 2.45) is 0 Å². The summed E-state index contributed by atoms with van der Waals surface area (Å²) in [5.74, 6) is 0. The normalized spacial score (nSPS) is 17.1. The summed E-state index contributed by atoms with van der Waals surface area (Å²) in [7, 11) is 0. The fourth-order valence-electron chi connectivity index (χ4n) is 2.79. The highest BCUT2D eigenvalue weighted by atomic mass is 32.1. The minimum absolute atomic E-state index is 0.180. The Kier molecular flexibility index (Phi) is 3.99. The SMILES string of the molecule is O=c1c2ccccc2sn1CCCN1CCCCC1. The summed E-state index contributed by atoms with van der Waals surface area (Å²) in [6, 6.07) is 7.89. The predicted octanol–water partition coefficient (Wildman–Crippen LogP) is 2.94. The lowest BCUT2D eigenvalue weighted by atomic mass is 10.1. The van der Waals surface area contributed by atoms with Gasteiger partial charge in [0.1, 0.15) is 0 Å². The van der Waals surface area contributed by atoms with Crippen LogP contribution in [0.3, 0.4) is 0 Å². The number of nitrogens with zero attached hydrogens (tertiary/aromatic N) is 2. The van der Waals surface area contributed by atoms with Gasteiger partial charge in [0.25, 0.3) is 5.56 Å². The molecule has 3 rings (SSSR count). The maximum atomic E-state index is 12.2. The van der Waals surface area contributed by atoms with Crippen molar-refractivity contribution in [1.82, 2.24) is 8.86 Å². The summed E-state index contributed by atoms with van der Waals surface area (Å²) in [5.41, 5.74) is 0.180. The fourth-order valence-corrected chi connectivity index (χ4v) is 3.82. The molecule has 1 saturated heterocycles. The van der Waals surface area contributed by atoms with Crippen LogP contribution in [0.4, 0.5) is 0 Å². The molecule has 102 valence electrons. The summed E-state index contributed by atoms with van der Waals surface area (Å²) in [6.45, 7) is 4.46. The minimum atomic E-state index is 0.180. The van der Waals surface area contributed by atoms with Gasteiger partial charge in [0.15, 0.2) is 0 Å². The van der Waals surface area contributed by atoms with Gasteiger partial charge in [-0.05, 0) is 51.0 Å². The lowest BCUT2D eigenvalue weighted by Gasteiger charge is -2.26. The molecule has 19 heavy (non-hydrogen) atoms. The average Bonchev–Trinajstić information content (AvgIpc) is 2.78. The van der Waals surface area contributed by atoms with Crippen molar-refractivity contribution in [2.75, 3.05) is 19.6 Å². The smallest absolute Gasteiger partial charge is 0.268 e. The number of hydrogen-bond donors (Lipinski definition) is 0. The summed E-state index contributed by atoms with van der Waals surface area (Å²) in [5, 5.41) is 0.866. The second kappa shape index (κ2) is 5.88. The second-order valence-electron chi connectivity index (χ2n) is 5.25. The molecule has 0 unspecified atom stereocenters. The van der Waals surface area contributed by atoms with E-state index in [0.29, 0.717) is 0 Å². The summed E-state index contributed by atoms with van der Waals surface area (Å²) >= 11 is 1.60. The highest BCUT2D eigenvalue weighted by Crippen LogP contribution is 2.16. The van der Waals surface area contributed by atoms with Crippen LogP contribution in [0.1, 0.15) is 25.7 Å². The third-order valence-electron chi connectivity index (χ3n) is 3.84. The molecule has 3 nitrogen and oxygen atoms in total. The Morgan fingerprint density at radius 3 is 2.63 bits per heavy atom. The molecule has 0 bridgehead atoms. The molecule has 1 fully saturated rings. The molecule has 0 aliphatic carbocycles. The molecule has 2 heterocycles. The van der Waals surface area contributed by atoms with E-state index < -0.39 is 0 Å². The Labute approximate surface area is 117 Å². The summed E-state index contributed by atoms with van der Waals surface area (Å²) in [6.07, 6.45) is 5.13. The van der Waals surface area contributed by atoms with Crippen LogP contribution in [0.15, 0.2) is 29.1 Å². The molecule has 0 spiro atoms. The van der Waals surface area contributed by atoms with Crippen molar-refractivity contribution < 1.29 is 0 Å². The van der Waals surface area contributed by atoms with E-state index in [1.165, 1.54) is 32.4 Å². The highest BCUT2D eigenvalue weighted by Gasteiger charge is 2.10. The Morgan fingerprint density at radius 1 is 1.05 bits per heavy atom. The van der Waals surface area contributed by atoms with Crippen LogP contribution < -0.4 is 5.56 Å². The van der Waals surface area contributed by atoms with Gasteiger partial charge in [-0.2, -0.15) is 0 Å². The minimum Gasteiger partial charge on any atom is -0.303 e. The molecule has 4 heteroatoms. The van der Waals surface area contributed by atoms with Gasteiger partial charge in [-0.25, -0.2) is 0 Å². The lowest BCUT2D eigenvalue weighted by Crippen LogP contribution is -2.31. The Hall–Kier alpha value is -1.13. The maximum Gasteiger partial charge on any atom is 0.268 e. The molecular formula is C15H20N2OS. The lowest BCUT2D eigenvalue weighted by molar-refractivity contribution is 0.223. The zero-order valence-electron chi connectivity index (χ0n) is 11.2. The number of piperidine rings is 1. The topological polar surface area (TPSA) is 25.2 Å². The Bertz CT molecular complexity index is 595. The summed E-state index contributed by atoms with van der Waals surface area (Å²) in [4.78, 5) is 14.7. The van der Waals surface area contributed by atoms with Crippen LogP contribution in [0.25, 0.3) is 10.1 Å². The largest absolute Gasteiger partial charge is 0.303 e. The third-order valence-corrected chi connectivity index (χ3v) is 4.96. The number of benzene rings is 1. The first-order chi connectivity index (χ1) is 9.34. The molecule has 0 saturated carbocycles. The van der Waals surface area contributed by atoms with Gasteiger partial charge in [-0.1, -0.05) is 30.1 Å². The van der Waals surface area contributed by atoms with Crippen molar-refractivity contribution in [1.29, 1.82) is 0 Å². The molecule has 1 aromatic carbocycles. The number of likely N-dealkylation sites (tertiary alicyclic amines) is 1.